The molecule has 2 unspecified atom stereocenters. The molecule has 2 aliphatic heterocycles. The number of hydrogen-bond donors (Lipinski definition) is 1. The minimum Gasteiger partial charge on any atom is -0.481 e. The molecule has 4 heteroatoms. The molecule has 22 heavy (non-hydrogen) atoms. The number of Topliss-reactive ketones (excluding diaryl/α,β-unsaturated/α-hetero) is 1. The first-order chi connectivity index (χ1) is 10.7. The van der Waals surface area contributed by atoms with Crippen LogP contribution in [-0.2, 0) is 23.2 Å². The maximum absolute atomic E-state index is 12.6. The van der Waals surface area contributed by atoms with Crippen molar-refractivity contribution in [3.63, 3.8) is 0 Å². The van der Waals surface area contributed by atoms with Crippen LogP contribution in [0.4, 0.5) is 0 Å². The van der Waals surface area contributed by atoms with E-state index < -0.39 is 0 Å². The van der Waals surface area contributed by atoms with Gasteiger partial charge in [0.1, 0.15) is 5.75 Å². The van der Waals surface area contributed by atoms with Crippen molar-refractivity contribution in [1.29, 1.82) is 0 Å². The quantitative estimate of drug-likeness (QED) is 0.852. The van der Waals surface area contributed by atoms with Gasteiger partial charge in [-0.2, -0.15) is 0 Å². The lowest BCUT2D eigenvalue weighted by atomic mass is 9.51. The van der Waals surface area contributed by atoms with Crippen LogP contribution in [0.3, 0.4) is 0 Å². The summed E-state index contributed by atoms with van der Waals surface area (Å²) in [4.78, 5) is 15.1. The SMILES string of the molecule is CN1CC[C@]23c4c5ccc(CO)c4O[C@H]2C(=O)CCC3C1C5. The van der Waals surface area contributed by atoms with E-state index in [1.165, 1.54) is 11.1 Å². The molecule has 5 rings (SSSR count). The third-order valence-corrected chi connectivity index (χ3v) is 6.66. The van der Waals surface area contributed by atoms with Gasteiger partial charge in [-0.05, 0) is 44.3 Å². The molecule has 4 aliphatic rings. The second-order valence-corrected chi connectivity index (χ2v) is 7.40. The maximum atomic E-state index is 12.6. The van der Waals surface area contributed by atoms with E-state index in [-0.39, 0.29) is 23.9 Å². The number of piperidine rings is 1. The van der Waals surface area contributed by atoms with E-state index >= 15 is 0 Å². The Bertz CT molecular complexity index is 685. The zero-order valence-electron chi connectivity index (χ0n) is 12.8. The summed E-state index contributed by atoms with van der Waals surface area (Å²) in [6.45, 7) is 1.00. The Balaban J connectivity index is 1.81. The van der Waals surface area contributed by atoms with Crippen molar-refractivity contribution in [3.05, 3.63) is 28.8 Å². The highest BCUT2D eigenvalue weighted by atomic mass is 16.5. The highest BCUT2D eigenvalue weighted by Crippen LogP contribution is 2.61. The topological polar surface area (TPSA) is 49.8 Å². The first-order valence-electron chi connectivity index (χ1n) is 8.32. The molecule has 0 aromatic heterocycles. The van der Waals surface area contributed by atoms with E-state index in [9.17, 15) is 9.90 Å². The van der Waals surface area contributed by atoms with E-state index in [0.29, 0.717) is 18.4 Å². The Morgan fingerprint density at radius 3 is 3.14 bits per heavy atom. The molecule has 1 spiro atoms. The van der Waals surface area contributed by atoms with Crippen LogP contribution < -0.4 is 4.74 Å². The van der Waals surface area contributed by atoms with Crippen LogP contribution in [0.1, 0.15) is 36.0 Å². The average Bonchev–Trinajstić information content (AvgIpc) is 2.88. The number of rotatable bonds is 1. The number of carbonyl (C=O) groups is 1. The molecule has 4 atom stereocenters. The molecular formula is C18H21NO3. The molecule has 2 fully saturated rings. The van der Waals surface area contributed by atoms with Crippen LogP contribution in [0.5, 0.6) is 5.75 Å². The fourth-order valence-corrected chi connectivity index (χ4v) is 5.71. The van der Waals surface area contributed by atoms with Gasteiger partial charge < -0.3 is 14.7 Å². The summed E-state index contributed by atoms with van der Waals surface area (Å²) in [5.41, 5.74) is 3.32. The maximum Gasteiger partial charge on any atom is 0.174 e. The first kappa shape index (κ1) is 13.1. The van der Waals surface area contributed by atoms with Crippen molar-refractivity contribution < 1.29 is 14.6 Å². The minimum absolute atomic E-state index is 0.0202. The summed E-state index contributed by atoms with van der Waals surface area (Å²) in [5, 5.41) is 9.67. The van der Waals surface area contributed by atoms with Crippen molar-refractivity contribution in [1.82, 2.24) is 4.90 Å². The monoisotopic (exact) mass is 299 g/mol. The van der Waals surface area contributed by atoms with E-state index in [2.05, 4.69) is 18.0 Å². The van der Waals surface area contributed by atoms with Crippen molar-refractivity contribution >= 4 is 5.78 Å². The molecule has 4 nitrogen and oxygen atoms in total. The van der Waals surface area contributed by atoms with E-state index in [1.54, 1.807) is 0 Å². The molecular weight excluding hydrogens is 278 g/mol. The third kappa shape index (κ3) is 1.30. The minimum atomic E-state index is -0.316. The second-order valence-electron chi connectivity index (χ2n) is 7.40. The lowest BCUT2D eigenvalue weighted by Gasteiger charge is -2.57. The van der Waals surface area contributed by atoms with Gasteiger partial charge in [0.25, 0.3) is 0 Å². The summed E-state index contributed by atoms with van der Waals surface area (Å²) in [5.74, 6) is 1.59. The molecule has 2 heterocycles. The van der Waals surface area contributed by atoms with Crippen LogP contribution in [0, 0.1) is 5.92 Å². The third-order valence-electron chi connectivity index (χ3n) is 6.66. The number of carbonyl (C=O) groups excluding carboxylic acids is 1. The number of aliphatic hydroxyl groups excluding tert-OH is 1. The summed E-state index contributed by atoms with van der Waals surface area (Å²) in [6, 6.07) is 4.65. The molecule has 0 amide bonds. The number of ketones is 1. The van der Waals surface area contributed by atoms with Crippen molar-refractivity contribution in [3.8, 4) is 5.75 Å². The van der Waals surface area contributed by atoms with Gasteiger partial charge in [0.05, 0.1) is 6.61 Å². The summed E-state index contributed by atoms with van der Waals surface area (Å²) in [7, 11) is 2.22. The smallest absolute Gasteiger partial charge is 0.174 e. The van der Waals surface area contributed by atoms with Gasteiger partial charge in [0.2, 0.25) is 0 Å². The summed E-state index contributed by atoms with van der Waals surface area (Å²) >= 11 is 0. The van der Waals surface area contributed by atoms with Gasteiger partial charge >= 0.3 is 0 Å². The Hall–Kier alpha value is -1.39. The van der Waals surface area contributed by atoms with Crippen LogP contribution in [-0.4, -0.2) is 41.5 Å². The van der Waals surface area contributed by atoms with Crippen LogP contribution in [0.15, 0.2) is 12.1 Å². The van der Waals surface area contributed by atoms with Gasteiger partial charge in [-0.3, -0.25) is 4.79 Å². The predicted molar refractivity (Wildman–Crippen MR) is 80.9 cm³/mol. The van der Waals surface area contributed by atoms with E-state index in [4.69, 9.17) is 4.74 Å². The Morgan fingerprint density at radius 1 is 1.45 bits per heavy atom. The molecule has 1 N–H and O–H groups in total. The standard InChI is InChI=1S/C18H21NO3/c1-19-7-6-18-12-4-5-14(21)17(18)22-16-11(9-20)3-2-10(15(16)18)8-13(12)19/h2-3,12-13,17,20H,4-9H2,1H3/t12?,13?,17-,18-/m0/s1. The highest BCUT2D eigenvalue weighted by molar-refractivity contribution is 5.89. The van der Waals surface area contributed by atoms with Crippen molar-refractivity contribution in [2.75, 3.05) is 13.6 Å². The van der Waals surface area contributed by atoms with Crippen LogP contribution in [0.25, 0.3) is 0 Å². The fourth-order valence-electron chi connectivity index (χ4n) is 5.71. The van der Waals surface area contributed by atoms with E-state index in [0.717, 1.165) is 37.1 Å². The molecule has 1 saturated carbocycles. The van der Waals surface area contributed by atoms with Crippen LogP contribution >= 0.6 is 0 Å². The second kappa shape index (κ2) is 4.12. The van der Waals surface area contributed by atoms with Crippen molar-refractivity contribution in [2.45, 2.75) is 49.9 Å². The van der Waals surface area contributed by atoms with Gasteiger partial charge in [0.15, 0.2) is 11.9 Å². The molecule has 0 radical (unpaired) electrons. The number of hydrogen-bond acceptors (Lipinski definition) is 4. The van der Waals surface area contributed by atoms with Crippen molar-refractivity contribution in [2.24, 2.45) is 5.92 Å². The lowest BCUT2D eigenvalue weighted by Crippen LogP contribution is -2.65. The fraction of sp³-hybridized carbons (Fsp3) is 0.611. The predicted octanol–water partition coefficient (Wildman–Crippen LogP) is 1.42. The molecule has 1 aromatic carbocycles. The number of ether oxygens (including phenoxy) is 1. The molecule has 116 valence electrons. The number of aliphatic hydroxyl groups is 1. The van der Waals surface area contributed by atoms with E-state index in [1.807, 2.05) is 6.07 Å². The molecule has 2 bridgehead atoms. The van der Waals surface area contributed by atoms with Gasteiger partial charge in [-0.25, -0.2) is 0 Å². The number of likely N-dealkylation sites (N-methyl/N-ethyl adjacent to an activating group) is 1. The lowest BCUT2D eigenvalue weighted by molar-refractivity contribution is -0.138. The van der Waals surface area contributed by atoms with Crippen LogP contribution in [0.2, 0.25) is 0 Å². The zero-order valence-corrected chi connectivity index (χ0v) is 12.8. The zero-order chi connectivity index (χ0) is 15.1. The average molecular weight is 299 g/mol. The number of likely N-dealkylation sites (tertiary alicyclic amines) is 1. The molecule has 2 aliphatic carbocycles. The normalized spacial score (nSPS) is 38.6. The van der Waals surface area contributed by atoms with Gasteiger partial charge in [-0.15, -0.1) is 0 Å². The Morgan fingerprint density at radius 2 is 2.32 bits per heavy atom. The first-order valence-corrected chi connectivity index (χ1v) is 8.32. The highest BCUT2D eigenvalue weighted by Gasteiger charge is 2.65. The Kier molecular flexibility index (Phi) is 2.45. The summed E-state index contributed by atoms with van der Waals surface area (Å²) < 4.78 is 6.22. The Labute approximate surface area is 130 Å². The molecule has 1 saturated heterocycles. The summed E-state index contributed by atoms with van der Waals surface area (Å²) in [6.07, 6.45) is 3.34. The van der Waals surface area contributed by atoms with Gasteiger partial charge in [-0.1, -0.05) is 12.1 Å². The molecule has 1 aromatic rings. The number of benzene rings is 1. The number of nitrogens with zero attached hydrogens (tertiary/aromatic N) is 1. The largest absolute Gasteiger partial charge is 0.481 e. The van der Waals surface area contributed by atoms with Gasteiger partial charge in [0, 0.05) is 29.0 Å².